The molecule has 21 heavy (non-hydrogen) atoms. The summed E-state index contributed by atoms with van der Waals surface area (Å²) in [5, 5.41) is 3.31. The molecule has 0 spiro atoms. The van der Waals surface area contributed by atoms with Crippen LogP contribution < -0.4 is 5.32 Å². The highest BCUT2D eigenvalue weighted by atomic mass is 35.5. The second-order valence-corrected chi connectivity index (χ2v) is 5.99. The smallest absolute Gasteiger partial charge is 0.260 e. The van der Waals surface area contributed by atoms with Crippen molar-refractivity contribution in [1.29, 1.82) is 0 Å². The van der Waals surface area contributed by atoms with Gasteiger partial charge in [0, 0.05) is 5.02 Å². The van der Waals surface area contributed by atoms with Gasteiger partial charge in [-0.15, -0.1) is 0 Å². The van der Waals surface area contributed by atoms with E-state index in [-0.39, 0.29) is 10.6 Å². The number of anilines is 1. The summed E-state index contributed by atoms with van der Waals surface area (Å²) in [7, 11) is 0. The third kappa shape index (κ3) is 2.75. The van der Waals surface area contributed by atoms with Crippen molar-refractivity contribution in [2.24, 2.45) is 0 Å². The Labute approximate surface area is 129 Å². The molecule has 6 heteroatoms. The molecular formula is C15H10ClFN2OS. The molecule has 0 aliphatic carbocycles. The van der Waals surface area contributed by atoms with Gasteiger partial charge < -0.3 is 0 Å². The molecule has 0 atom stereocenters. The molecule has 0 unspecified atom stereocenters. The molecule has 1 amide bonds. The second-order valence-electron chi connectivity index (χ2n) is 4.52. The van der Waals surface area contributed by atoms with Gasteiger partial charge in [0.2, 0.25) is 0 Å². The third-order valence-electron chi connectivity index (χ3n) is 3.02. The first-order valence-corrected chi connectivity index (χ1v) is 7.36. The van der Waals surface area contributed by atoms with Crippen LogP contribution in [0.3, 0.4) is 0 Å². The minimum Gasteiger partial charge on any atom is -0.298 e. The van der Waals surface area contributed by atoms with Gasteiger partial charge in [0.05, 0.1) is 15.8 Å². The van der Waals surface area contributed by atoms with Crippen molar-refractivity contribution in [2.45, 2.75) is 6.92 Å². The van der Waals surface area contributed by atoms with E-state index >= 15 is 0 Å². The maximum Gasteiger partial charge on any atom is 0.260 e. The molecule has 0 saturated heterocycles. The minimum absolute atomic E-state index is 0.0598. The van der Waals surface area contributed by atoms with E-state index in [1.54, 1.807) is 0 Å². The lowest BCUT2D eigenvalue weighted by Crippen LogP contribution is -2.13. The van der Waals surface area contributed by atoms with Gasteiger partial charge in [0.1, 0.15) is 5.82 Å². The number of hydrogen-bond acceptors (Lipinski definition) is 3. The Hall–Kier alpha value is -1.98. The number of thiazole rings is 1. The summed E-state index contributed by atoms with van der Waals surface area (Å²) in [5.74, 6) is -1.20. The molecule has 1 N–H and O–H groups in total. The molecule has 0 bridgehead atoms. The molecule has 3 rings (SSSR count). The van der Waals surface area contributed by atoms with Crippen LogP contribution in [0.4, 0.5) is 9.52 Å². The average Bonchev–Trinajstić information content (AvgIpc) is 2.82. The molecule has 0 fully saturated rings. The first-order valence-electron chi connectivity index (χ1n) is 6.17. The van der Waals surface area contributed by atoms with Gasteiger partial charge in [-0.05, 0) is 36.8 Å². The maximum absolute atomic E-state index is 13.7. The number of amides is 1. The van der Waals surface area contributed by atoms with Crippen LogP contribution in [0.2, 0.25) is 5.02 Å². The van der Waals surface area contributed by atoms with Crippen molar-refractivity contribution in [3.8, 4) is 0 Å². The number of para-hydroxylation sites is 1. The standard InChI is InChI=1S/C15H10ClFN2OS/c1-8-3-2-4-12-13(8)18-15(21-12)19-14(20)10-6-5-9(16)7-11(10)17/h2-7H,1H3,(H,18,19,20). The molecule has 0 aliphatic heterocycles. The average molecular weight is 321 g/mol. The number of nitrogens with one attached hydrogen (secondary N) is 1. The van der Waals surface area contributed by atoms with Crippen LogP contribution in [-0.4, -0.2) is 10.9 Å². The van der Waals surface area contributed by atoms with E-state index in [0.717, 1.165) is 21.8 Å². The van der Waals surface area contributed by atoms with Gasteiger partial charge in [-0.1, -0.05) is 35.1 Å². The summed E-state index contributed by atoms with van der Waals surface area (Å²) < 4.78 is 14.7. The van der Waals surface area contributed by atoms with Crippen molar-refractivity contribution >= 4 is 44.2 Å². The zero-order valence-electron chi connectivity index (χ0n) is 11.0. The molecule has 3 nitrogen and oxygen atoms in total. The van der Waals surface area contributed by atoms with Crippen LogP contribution in [0, 0.1) is 12.7 Å². The largest absolute Gasteiger partial charge is 0.298 e. The Morgan fingerprint density at radius 3 is 2.86 bits per heavy atom. The number of halogens is 2. The van der Waals surface area contributed by atoms with E-state index in [1.807, 2.05) is 25.1 Å². The fraction of sp³-hybridized carbons (Fsp3) is 0.0667. The van der Waals surface area contributed by atoms with Crippen LogP contribution in [0.25, 0.3) is 10.2 Å². The lowest BCUT2D eigenvalue weighted by Gasteiger charge is -2.03. The Bertz CT molecular complexity index is 847. The number of rotatable bonds is 2. The molecule has 2 aromatic carbocycles. The Morgan fingerprint density at radius 2 is 2.14 bits per heavy atom. The monoisotopic (exact) mass is 320 g/mol. The van der Waals surface area contributed by atoms with E-state index in [1.165, 1.54) is 23.5 Å². The van der Waals surface area contributed by atoms with Crippen molar-refractivity contribution in [1.82, 2.24) is 4.98 Å². The number of carbonyl (C=O) groups excluding carboxylic acids is 1. The number of carbonyl (C=O) groups is 1. The van der Waals surface area contributed by atoms with E-state index in [0.29, 0.717) is 5.13 Å². The van der Waals surface area contributed by atoms with Crippen molar-refractivity contribution in [3.63, 3.8) is 0 Å². The first kappa shape index (κ1) is 14.0. The Balaban J connectivity index is 1.91. The normalized spacial score (nSPS) is 10.8. The number of benzene rings is 2. The van der Waals surface area contributed by atoms with Crippen LogP contribution in [0.15, 0.2) is 36.4 Å². The van der Waals surface area contributed by atoms with Crippen LogP contribution in [-0.2, 0) is 0 Å². The van der Waals surface area contributed by atoms with Crippen LogP contribution in [0.5, 0.6) is 0 Å². The second kappa shape index (κ2) is 5.42. The van der Waals surface area contributed by atoms with Crippen molar-refractivity contribution in [3.05, 3.63) is 58.4 Å². The summed E-state index contributed by atoms with van der Waals surface area (Å²) in [6.45, 7) is 1.95. The zero-order valence-corrected chi connectivity index (χ0v) is 12.6. The number of fused-ring (bicyclic) bond motifs is 1. The molecule has 106 valence electrons. The summed E-state index contributed by atoms with van der Waals surface area (Å²) in [6.07, 6.45) is 0. The Morgan fingerprint density at radius 1 is 1.33 bits per heavy atom. The van der Waals surface area contributed by atoms with Crippen LogP contribution >= 0.6 is 22.9 Å². The molecular weight excluding hydrogens is 311 g/mol. The molecule has 1 aromatic heterocycles. The molecule has 3 aromatic rings. The lowest BCUT2D eigenvalue weighted by atomic mass is 10.2. The number of aromatic nitrogens is 1. The first-order chi connectivity index (χ1) is 10.0. The summed E-state index contributed by atoms with van der Waals surface area (Å²) >= 11 is 7.02. The quantitative estimate of drug-likeness (QED) is 0.746. The topological polar surface area (TPSA) is 42.0 Å². The van der Waals surface area contributed by atoms with Crippen molar-refractivity contribution < 1.29 is 9.18 Å². The summed E-state index contributed by atoms with van der Waals surface area (Å²) in [6, 6.07) is 9.75. The highest BCUT2D eigenvalue weighted by Crippen LogP contribution is 2.28. The predicted octanol–water partition coefficient (Wildman–Crippen LogP) is 4.65. The maximum atomic E-state index is 13.7. The van der Waals surface area contributed by atoms with E-state index in [9.17, 15) is 9.18 Å². The van der Waals surface area contributed by atoms with E-state index in [2.05, 4.69) is 10.3 Å². The molecule has 0 radical (unpaired) electrons. The number of nitrogens with zero attached hydrogens (tertiary/aromatic N) is 1. The van der Waals surface area contributed by atoms with Gasteiger partial charge in [-0.2, -0.15) is 0 Å². The van der Waals surface area contributed by atoms with Gasteiger partial charge in [-0.3, -0.25) is 10.1 Å². The molecule has 0 saturated carbocycles. The fourth-order valence-corrected chi connectivity index (χ4v) is 3.08. The summed E-state index contributed by atoms with van der Waals surface area (Å²) in [5.41, 5.74) is 1.81. The van der Waals surface area contributed by atoms with Gasteiger partial charge in [0.15, 0.2) is 5.13 Å². The number of hydrogen-bond donors (Lipinski definition) is 1. The zero-order chi connectivity index (χ0) is 15.0. The third-order valence-corrected chi connectivity index (χ3v) is 4.19. The van der Waals surface area contributed by atoms with Gasteiger partial charge in [0.25, 0.3) is 5.91 Å². The lowest BCUT2D eigenvalue weighted by molar-refractivity contribution is 0.102. The molecule has 0 aliphatic rings. The van der Waals surface area contributed by atoms with Crippen LogP contribution in [0.1, 0.15) is 15.9 Å². The molecule has 1 heterocycles. The highest BCUT2D eigenvalue weighted by molar-refractivity contribution is 7.22. The fourth-order valence-electron chi connectivity index (χ4n) is 1.98. The summed E-state index contributed by atoms with van der Waals surface area (Å²) in [4.78, 5) is 16.4. The van der Waals surface area contributed by atoms with E-state index < -0.39 is 11.7 Å². The van der Waals surface area contributed by atoms with Crippen molar-refractivity contribution in [2.75, 3.05) is 5.32 Å². The predicted molar refractivity (Wildman–Crippen MR) is 83.7 cm³/mol. The minimum atomic E-state index is -0.655. The van der Waals surface area contributed by atoms with E-state index in [4.69, 9.17) is 11.6 Å². The SMILES string of the molecule is Cc1cccc2sc(NC(=O)c3ccc(Cl)cc3F)nc12. The Kier molecular flexibility index (Phi) is 3.61. The van der Waals surface area contributed by atoms with Gasteiger partial charge in [-0.25, -0.2) is 9.37 Å². The highest BCUT2D eigenvalue weighted by Gasteiger charge is 2.14. The number of aryl methyl sites for hydroxylation is 1. The van der Waals surface area contributed by atoms with Gasteiger partial charge >= 0.3 is 0 Å².